The summed E-state index contributed by atoms with van der Waals surface area (Å²) in [7, 11) is 0. The predicted molar refractivity (Wildman–Crippen MR) is 87.7 cm³/mol. The Morgan fingerprint density at radius 2 is 2.09 bits per heavy atom. The highest BCUT2D eigenvalue weighted by atomic mass is 32.1. The van der Waals surface area contributed by atoms with Crippen LogP contribution in [0.15, 0.2) is 10.8 Å². The van der Waals surface area contributed by atoms with Crippen molar-refractivity contribution in [1.29, 1.82) is 0 Å². The van der Waals surface area contributed by atoms with Gasteiger partial charge in [0.15, 0.2) is 0 Å². The fraction of sp³-hybridized carbons (Fsp3) is 0.400. The maximum absolute atomic E-state index is 12.2. The van der Waals surface area contributed by atoms with E-state index in [0.717, 1.165) is 5.56 Å². The molecule has 0 bridgehead atoms. The van der Waals surface area contributed by atoms with Gasteiger partial charge in [-0.2, -0.15) is 11.3 Å². The highest BCUT2D eigenvalue weighted by molar-refractivity contribution is 7.13. The first kappa shape index (κ1) is 16.6. The molecule has 7 heteroatoms. The molecule has 0 aromatic carbocycles. The lowest BCUT2D eigenvalue weighted by atomic mass is 10.2. The Bertz CT molecular complexity index is 691. The normalized spacial score (nSPS) is 12.0. The maximum atomic E-state index is 12.2. The van der Waals surface area contributed by atoms with Gasteiger partial charge in [0.05, 0.1) is 23.9 Å². The zero-order chi connectivity index (χ0) is 16.3. The van der Waals surface area contributed by atoms with Crippen molar-refractivity contribution in [2.24, 2.45) is 0 Å². The summed E-state index contributed by atoms with van der Waals surface area (Å²) in [4.78, 5) is 28.9. The van der Waals surface area contributed by atoms with Gasteiger partial charge in [-0.25, -0.2) is 9.78 Å². The molecule has 2 aromatic heterocycles. The zero-order valence-corrected chi connectivity index (χ0v) is 14.6. The van der Waals surface area contributed by atoms with Crippen LogP contribution in [-0.4, -0.2) is 23.5 Å². The van der Waals surface area contributed by atoms with Gasteiger partial charge in [-0.1, -0.05) is 0 Å². The first-order chi connectivity index (χ1) is 10.4. The summed E-state index contributed by atoms with van der Waals surface area (Å²) in [6, 6.07) is -0.265. The van der Waals surface area contributed by atoms with E-state index >= 15 is 0 Å². The molecular formula is C15H18N2O3S2. The number of aromatic nitrogens is 1. The lowest BCUT2D eigenvalue weighted by Crippen LogP contribution is -2.26. The lowest BCUT2D eigenvalue weighted by Gasteiger charge is -2.10. The quantitative estimate of drug-likeness (QED) is 0.847. The average Bonchev–Trinajstić information content (AvgIpc) is 3.05. The van der Waals surface area contributed by atoms with Gasteiger partial charge in [-0.15, -0.1) is 11.3 Å². The molecule has 0 fully saturated rings. The van der Waals surface area contributed by atoms with Crippen molar-refractivity contribution < 1.29 is 14.3 Å². The molecule has 5 nitrogen and oxygen atoms in total. The Hall–Kier alpha value is -1.73. The van der Waals surface area contributed by atoms with Gasteiger partial charge in [0.2, 0.25) is 0 Å². The molecule has 0 spiro atoms. The Labute approximate surface area is 137 Å². The average molecular weight is 338 g/mol. The number of carbonyl (C=O) groups excluding carboxylic acids is 2. The molecule has 0 aliphatic rings. The van der Waals surface area contributed by atoms with Gasteiger partial charge in [-0.3, -0.25) is 4.79 Å². The van der Waals surface area contributed by atoms with Crippen molar-refractivity contribution >= 4 is 34.6 Å². The Balaban J connectivity index is 2.12. The van der Waals surface area contributed by atoms with E-state index in [1.54, 1.807) is 13.8 Å². The molecule has 2 heterocycles. The third-order valence-corrected chi connectivity index (χ3v) is 5.27. The molecule has 0 saturated carbocycles. The number of thiophene rings is 1. The molecule has 22 heavy (non-hydrogen) atoms. The van der Waals surface area contributed by atoms with E-state index in [-0.39, 0.29) is 17.9 Å². The van der Waals surface area contributed by atoms with Crippen molar-refractivity contribution in [3.8, 4) is 0 Å². The molecule has 0 aliphatic heterocycles. The number of nitrogens with one attached hydrogen (secondary N) is 1. The second kappa shape index (κ2) is 7.02. The number of ether oxygens (including phenoxy) is 1. The molecule has 1 atom stereocenters. The molecule has 2 aromatic rings. The van der Waals surface area contributed by atoms with Crippen LogP contribution in [0.1, 0.15) is 56.2 Å². The van der Waals surface area contributed by atoms with Crippen LogP contribution in [0.4, 0.5) is 0 Å². The van der Waals surface area contributed by atoms with Crippen molar-refractivity contribution in [3.63, 3.8) is 0 Å². The van der Waals surface area contributed by atoms with Gasteiger partial charge in [0.1, 0.15) is 9.88 Å². The molecule has 0 aliphatic carbocycles. The van der Waals surface area contributed by atoms with Crippen LogP contribution in [0.5, 0.6) is 0 Å². The van der Waals surface area contributed by atoms with Gasteiger partial charge in [0.25, 0.3) is 5.91 Å². The van der Waals surface area contributed by atoms with Gasteiger partial charge in [-0.05, 0) is 38.6 Å². The number of esters is 1. The summed E-state index contributed by atoms with van der Waals surface area (Å²) in [5, 5.41) is 7.37. The highest BCUT2D eigenvalue weighted by Crippen LogP contribution is 2.25. The first-order valence-electron chi connectivity index (χ1n) is 6.92. The Morgan fingerprint density at radius 1 is 1.36 bits per heavy atom. The monoisotopic (exact) mass is 338 g/mol. The number of amides is 1. The lowest BCUT2D eigenvalue weighted by molar-refractivity contribution is 0.0531. The van der Waals surface area contributed by atoms with E-state index in [2.05, 4.69) is 10.3 Å². The van der Waals surface area contributed by atoms with E-state index < -0.39 is 0 Å². The summed E-state index contributed by atoms with van der Waals surface area (Å²) in [5.74, 6) is -0.493. The summed E-state index contributed by atoms with van der Waals surface area (Å²) >= 11 is 2.76. The van der Waals surface area contributed by atoms with Crippen LogP contribution in [0.3, 0.4) is 0 Å². The second-order valence-corrected chi connectivity index (χ2v) is 6.62. The Morgan fingerprint density at radius 3 is 2.68 bits per heavy atom. The number of carbonyl (C=O) groups is 2. The fourth-order valence-corrected chi connectivity index (χ4v) is 3.71. The molecule has 1 amide bonds. The molecular weight excluding hydrogens is 320 g/mol. The van der Waals surface area contributed by atoms with Crippen molar-refractivity contribution in [2.75, 3.05) is 6.61 Å². The minimum Gasteiger partial charge on any atom is -0.462 e. The van der Waals surface area contributed by atoms with E-state index in [1.807, 2.05) is 24.6 Å². The minimum absolute atomic E-state index is 0.128. The van der Waals surface area contributed by atoms with Crippen molar-refractivity contribution in [1.82, 2.24) is 10.3 Å². The van der Waals surface area contributed by atoms with Gasteiger partial charge < -0.3 is 10.1 Å². The zero-order valence-electron chi connectivity index (χ0n) is 12.9. The fourth-order valence-electron chi connectivity index (χ4n) is 1.92. The first-order valence-corrected chi connectivity index (χ1v) is 8.68. The number of aryl methyl sites for hydroxylation is 2. The smallest absolute Gasteiger partial charge is 0.350 e. The summed E-state index contributed by atoms with van der Waals surface area (Å²) in [6.07, 6.45) is 0. The molecule has 0 unspecified atom stereocenters. The van der Waals surface area contributed by atoms with Crippen LogP contribution in [0.2, 0.25) is 0 Å². The number of hydrogen-bond donors (Lipinski definition) is 1. The number of hydrogen-bond acceptors (Lipinski definition) is 6. The van der Waals surface area contributed by atoms with Crippen molar-refractivity contribution in [2.45, 2.75) is 33.7 Å². The van der Waals surface area contributed by atoms with E-state index in [1.165, 1.54) is 22.7 Å². The van der Waals surface area contributed by atoms with Gasteiger partial charge >= 0.3 is 5.97 Å². The summed E-state index contributed by atoms with van der Waals surface area (Å²) in [5.41, 5.74) is 2.26. The minimum atomic E-state index is -0.365. The number of rotatable bonds is 5. The molecule has 1 N–H and O–H groups in total. The molecule has 0 radical (unpaired) electrons. The number of thiazole rings is 1. The van der Waals surface area contributed by atoms with Crippen LogP contribution in [-0.2, 0) is 4.74 Å². The van der Waals surface area contributed by atoms with E-state index in [0.29, 0.717) is 27.7 Å². The standard InChI is InChI=1S/C15H18N2O3S2/c1-5-20-15(19)12-9(3)17-14(22-12)10(4)16-13(18)11-7-21-6-8(11)2/h6-7,10H,5H2,1-4H3,(H,16,18)/t10-/m0/s1. The second-order valence-electron chi connectivity index (χ2n) is 4.85. The highest BCUT2D eigenvalue weighted by Gasteiger charge is 2.21. The van der Waals surface area contributed by atoms with Crippen LogP contribution in [0, 0.1) is 13.8 Å². The van der Waals surface area contributed by atoms with Crippen molar-refractivity contribution in [3.05, 3.63) is 37.5 Å². The van der Waals surface area contributed by atoms with Crippen LogP contribution < -0.4 is 5.32 Å². The summed E-state index contributed by atoms with van der Waals surface area (Å²) in [6.45, 7) is 7.62. The SMILES string of the molecule is CCOC(=O)c1sc([C@H](C)NC(=O)c2cscc2C)nc1C. The molecule has 2 rings (SSSR count). The van der Waals surface area contributed by atoms with E-state index in [9.17, 15) is 9.59 Å². The topological polar surface area (TPSA) is 68.3 Å². The maximum Gasteiger partial charge on any atom is 0.350 e. The van der Waals surface area contributed by atoms with Gasteiger partial charge in [0, 0.05) is 5.38 Å². The molecule has 118 valence electrons. The Kier molecular flexibility index (Phi) is 5.31. The molecule has 0 saturated heterocycles. The van der Waals surface area contributed by atoms with E-state index in [4.69, 9.17) is 4.74 Å². The number of nitrogens with zero attached hydrogens (tertiary/aromatic N) is 1. The van der Waals surface area contributed by atoms with Crippen LogP contribution in [0.25, 0.3) is 0 Å². The predicted octanol–water partition coefficient (Wildman–Crippen LogP) is 3.49. The third-order valence-electron chi connectivity index (χ3n) is 3.09. The largest absolute Gasteiger partial charge is 0.462 e. The summed E-state index contributed by atoms with van der Waals surface area (Å²) < 4.78 is 5.00. The third kappa shape index (κ3) is 3.53. The van der Waals surface area contributed by atoms with Crippen LogP contribution >= 0.6 is 22.7 Å².